The third kappa shape index (κ3) is 4.40. The maximum atomic E-state index is 13.3. The zero-order chi connectivity index (χ0) is 18.7. The highest BCUT2D eigenvalue weighted by Gasteiger charge is 2.25. The molecule has 2 aromatic carbocycles. The number of carbonyl (C=O) groups excluding carboxylic acids is 1. The van der Waals surface area contributed by atoms with Gasteiger partial charge in [0.15, 0.2) is 0 Å². The minimum atomic E-state index is -0.418. The van der Waals surface area contributed by atoms with Crippen LogP contribution in [0.15, 0.2) is 42.5 Å². The lowest BCUT2D eigenvalue weighted by molar-refractivity contribution is -0.132. The van der Waals surface area contributed by atoms with Crippen LogP contribution in [0.3, 0.4) is 0 Å². The summed E-state index contributed by atoms with van der Waals surface area (Å²) in [6, 6.07) is 10.9. The molecule has 0 radical (unpaired) electrons. The number of benzene rings is 2. The lowest BCUT2D eigenvalue weighted by Crippen LogP contribution is -2.49. The first-order chi connectivity index (χ1) is 12.4. The molecule has 1 fully saturated rings. The van der Waals surface area contributed by atoms with E-state index < -0.39 is 5.82 Å². The highest BCUT2D eigenvalue weighted by Crippen LogP contribution is 2.25. The van der Waals surface area contributed by atoms with Crippen molar-refractivity contribution in [3.8, 4) is 0 Å². The van der Waals surface area contributed by atoms with Gasteiger partial charge in [0.2, 0.25) is 5.91 Å². The molecule has 0 aliphatic carbocycles. The molecule has 0 saturated carbocycles. The molecule has 6 heteroatoms. The van der Waals surface area contributed by atoms with Crippen LogP contribution < -0.4 is 0 Å². The summed E-state index contributed by atoms with van der Waals surface area (Å²) in [5.41, 5.74) is 1.77. The van der Waals surface area contributed by atoms with Crippen LogP contribution in [0.2, 0.25) is 5.02 Å². The molecule has 1 atom stereocenters. The topological polar surface area (TPSA) is 23.6 Å². The van der Waals surface area contributed by atoms with Crippen molar-refractivity contribution in [2.24, 2.45) is 0 Å². The molecule has 1 amide bonds. The van der Waals surface area contributed by atoms with Gasteiger partial charge in [0.05, 0.1) is 11.4 Å². The van der Waals surface area contributed by atoms with Gasteiger partial charge in [-0.15, -0.1) is 0 Å². The van der Waals surface area contributed by atoms with E-state index >= 15 is 0 Å². The fourth-order valence-electron chi connectivity index (χ4n) is 3.23. The molecule has 1 saturated heterocycles. The lowest BCUT2D eigenvalue weighted by Gasteiger charge is -2.38. The normalized spacial score (nSPS) is 16.5. The molecule has 0 spiro atoms. The monoisotopic (exact) mass is 378 g/mol. The number of amides is 1. The molecule has 0 N–H and O–H groups in total. The number of rotatable bonds is 4. The fraction of sp³-hybridized carbons (Fsp3) is 0.350. The van der Waals surface area contributed by atoms with Gasteiger partial charge in [-0.1, -0.05) is 29.8 Å². The maximum absolute atomic E-state index is 13.3. The Bertz CT molecular complexity index is 774. The summed E-state index contributed by atoms with van der Waals surface area (Å²) in [5.74, 6) is -0.669. The lowest BCUT2D eigenvalue weighted by atomic mass is 10.1. The van der Waals surface area contributed by atoms with E-state index in [1.165, 1.54) is 18.2 Å². The maximum Gasteiger partial charge on any atom is 0.227 e. The Labute approximate surface area is 157 Å². The van der Waals surface area contributed by atoms with Crippen molar-refractivity contribution in [1.29, 1.82) is 0 Å². The number of nitrogens with zero attached hydrogens (tertiary/aromatic N) is 2. The highest BCUT2D eigenvalue weighted by atomic mass is 35.5. The Morgan fingerprint density at radius 3 is 2.35 bits per heavy atom. The number of hydrogen-bond donors (Lipinski definition) is 0. The van der Waals surface area contributed by atoms with Crippen LogP contribution in [0, 0.1) is 11.6 Å². The Hall–Kier alpha value is -1.98. The largest absolute Gasteiger partial charge is 0.340 e. The van der Waals surface area contributed by atoms with Gasteiger partial charge >= 0.3 is 0 Å². The second-order valence-corrected chi connectivity index (χ2v) is 6.98. The van der Waals surface area contributed by atoms with Gasteiger partial charge in [0, 0.05) is 32.2 Å². The van der Waals surface area contributed by atoms with Crippen molar-refractivity contribution in [1.82, 2.24) is 9.80 Å². The minimum absolute atomic E-state index is 0.0498. The van der Waals surface area contributed by atoms with Crippen LogP contribution in [-0.4, -0.2) is 41.9 Å². The van der Waals surface area contributed by atoms with Crippen LogP contribution in [-0.2, 0) is 11.2 Å². The Balaban J connectivity index is 1.55. The molecule has 3 rings (SSSR count). The van der Waals surface area contributed by atoms with Gasteiger partial charge in [0.1, 0.15) is 11.6 Å². The van der Waals surface area contributed by atoms with Crippen molar-refractivity contribution in [3.05, 3.63) is 70.2 Å². The van der Waals surface area contributed by atoms with Crippen LogP contribution in [0.5, 0.6) is 0 Å². The minimum Gasteiger partial charge on any atom is -0.340 e. The molecule has 26 heavy (non-hydrogen) atoms. The van der Waals surface area contributed by atoms with E-state index in [2.05, 4.69) is 11.8 Å². The second-order valence-electron chi connectivity index (χ2n) is 6.57. The van der Waals surface area contributed by atoms with Crippen molar-refractivity contribution >= 4 is 17.5 Å². The zero-order valence-electron chi connectivity index (χ0n) is 14.6. The first-order valence-corrected chi connectivity index (χ1v) is 9.03. The summed E-state index contributed by atoms with van der Waals surface area (Å²) in [6.07, 6.45) is 0.281. The molecule has 1 heterocycles. The number of piperazine rings is 1. The highest BCUT2D eigenvalue weighted by molar-refractivity contribution is 6.30. The van der Waals surface area contributed by atoms with E-state index in [0.717, 1.165) is 24.2 Å². The standard InChI is InChI=1S/C20H21ClF2N2O/c1-14(16-4-7-19(23)18(21)13-16)24-8-10-25(11-9-24)20(26)12-15-2-5-17(22)6-3-15/h2-7,13-14H,8-12H2,1H3. The van der Waals surface area contributed by atoms with Crippen LogP contribution in [0.1, 0.15) is 24.1 Å². The van der Waals surface area contributed by atoms with E-state index in [1.54, 1.807) is 24.3 Å². The molecule has 138 valence electrons. The number of carbonyl (C=O) groups is 1. The van der Waals surface area contributed by atoms with E-state index in [4.69, 9.17) is 11.6 Å². The Morgan fingerprint density at radius 2 is 1.73 bits per heavy atom. The summed E-state index contributed by atoms with van der Waals surface area (Å²) < 4.78 is 26.3. The second kappa shape index (κ2) is 8.14. The van der Waals surface area contributed by atoms with E-state index in [0.29, 0.717) is 13.1 Å². The molecule has 2 aromatic rings. The van der Waals surface area contributed by atoms with Crippen molar-refractivity contribution in [2.45, 2.75) is 19.4 Å². The number of halogens is 3. The fourth-order valence-corrected chi connectivity index (χ4v) is 3.42. The summed E-state index contributed by atoms with van der Waals surface area (Å²) in [7, 11) is 0. The molecule has 3 nitrogen and oxygen atoms in total. The van der Waals surface area contributed by atoms with E-state index in [1.807, 2.05) is 4.90 Å². The predicted octanol–water partition coefficient (Wildman–Crippen LogP) is 4.07. The first-order valence-electron chi connectivity index (χ1n) is 8.65. The molecular weight excluding hydrogens is 358 g/mol. The van der Waals surface area contributed by atoms with Crippen LogP contribution >= 0.6 is 11.6 Å². The van der Waals surface area contributed by atoms with Crippen LogP contribution in [0.25, 0.3) is 0 Å². The molecule has 1 aliphatic heterocycles. The molecular formula is C20H21ClF2N2O. The van der Waals surface area contributed by atoms with Gasteiger partial charge in [-0.3, -0.25) is 9.69 Å². The van der Waals surface area contributed by atoms with Crippen molar-refractivity contribution < 1.29 is 13.6 Å². The molecule has 1 unspecified atom stereocenters. The van der Waals surface area contributed by atoms with Crippen molar-refractivity contribution in [3.63, 3.8) is 0 Å². The third-order valence-corrected chi connectivity index (χ3v) is 5.20. The molecule has 1 aliphatic rings. The third-order valence-electron chi connectivity index (χ3n) is 4.91. The van der Waals surface area contributed by atoms with Gasteiger partial charge in [-0.2, -0.15) is 0 Å². The van der Waals surface area contributed by atoms with Gasteiger partial charge < -0.3 is 4.90 Å². The molecule has 0 bridgehead atoms. The van der Waals surface area contributed by atoms with Crippen LogP contribution in [0.4, 0.5) is 8.78 Å². The summed E-state index contributed by atoms with van der Waals surface area (Å²) in [4.78, 5) is 16.5. The van der Waals surface area contributed by atoms with Gasteiger partial charge in [-0.05, 0) is 42.3 Å². The number of hydrogen-bond acceptors (Lipinski definition) is 2. The molecule has 0 aromatic heterocycles. The smallest absolute Gasteiger partial charge is 0.227 e. The average Bonchev–Trinajstić information content (AvgIpc) is 2.65. The zero-order valence-corrected chi connectivity index (χ0v) is 15.3. The quantitative estimate of drug-likeness (QED) is 0.800. The average molecular weight is 379 g/mol. The predicted molar refractivity (Wildman–Crippen MR) is 98.1 cm³/mol. The van der Waals surface area contributed by atoms with E-state index in [-0.39, 0.29) is 29.2 Å². The summed E-state index contributed by atoms with van der Waals surface area (Å²) in [5, 5.41) is 0.127. The summed E-state index contributed by atoms with van der Waals surface area (Å²) in [6.45, 7) is 4.81. The SMILES string of the molecule is CC(c1ccc(F)c(Cl)c1)N1CCN(C(=O)Cc2ccc(F)cc2)CC1. The van der Waals surface area contributed by atoms with E-state index in [9.17, 15) is 13.6 Å². The van der Waals surface area contributed by atoms with Crippen molar-refractivity contribution in [2.75, 3.05) is 26.2 Å². The van der Waals surface area contributed by atoms with Gasteiger partial charge in [0.25, 0.3) is 0 Å². The first kappa shape index (κ1) is 18.8. The Kier molecular flexibility index (Phi) is 5.89. The summed E-state index contributed by atoms with van der Waals surface area (Å²) >= 11 is 5.88. The van der Waals surface area contributed by atoms with Gasteiger partial charge in [-0.25, -0.2) is 8.78 Å². The Morgan fingerprint density at radius 1 is 1.08 bits per heavy atom.